The molecule has 34 heavy (non-hydrogen) atoms. The monoisotopic (exact) mass is 503 g/mol. The number of carboxylic acid groups (broad SMARTS) is 1. The number of benzene rings is 3. The third-order valence-electron chi connectivity index (χ3n) is 5.57. The fourth-order valence-electron chi connectivity index (χ4n) is 3.60. The third kappa shape index (κ3) is 5.80. The number of nitrogen functional groups attached to an aromatic ring is 1. The normalized spacial score (nSPS) is 14.2. The molecule has 3 rings (SSSR count). The maximum atomic E-state index is 13.2. The van der Waals surface area contributed by atoms with Gasteiger partial charge in [-0.25, -0.2) is 8.42 Å². The van der Waals surface area contributed by atoms with Gasteiger partial charge in [0.2, 0.25) is 10.0 Å². The molecule has 0 fully saturated rings. The summed E-state index contributed by atoms with van der Waals surface area (Å²) in [4.78, 5) is 12.0. The van der Waals surface area contributed by atoms with Crippen LogP contribution in [0.3, 0.4) is 0 Å². The second-order valence-electron chi connectivity index (χ2n) is 8.34. The lowest BCUT2D eigenvalue weighted by Gasteiger charge is -2.18. The van der Waals surface area contributed by atoms with Gasteiger partial charge in [0, 0.05) is 11.1 Å². The van der Waals surface area contributed by atoms with Gasteiger partial charge in [-0.05, 0) is 46.1 Å². The van der Waals surface area contributed by atoms with E-state index in [1.165, 1.54) is 6.07 Å². The summed E-state index contributed by atoms with van der Waals surface area (Å²) in [5.74, 6) is -2.66. The zero-order valence-corrected chi connectivity index (χ0v) is 20.8. The molecule has 180 valence electrons. The smallest absolute Gasteiger partial charge is 0.481 e. The molecule has 0 spiro atoms. The molecule has 0 heterocycles. The van der Waals surface area contributed by atoms with Crippen LogP contribution in [-0.4, -0.2) is 31.9 Å². The number of nitrogens with one attached hydrogen (secondary N) is 1. The summed E-state index contributed by atoms with van der Waals surface area (Å²) in [7, 11) is -6.55. The molecule has 0 aliphatic heterocycles. The highest BCUT2D eigenvalue weighted by Gasteiger charge is 2.37. The highest BCUT2D eigenvalue weighted by Crippen LogP contribution is 2.36. The summed E-state index contributed by atoms with van der Waals surface area (Å²) in [6.45, 7) is 5.14. The van der Waals surface area contributed by atoms with Crippen molar-refractivity contribution in [2.24, 2.45) is 5.92 Å². The molecular formula is C24H28N2O6PS+. The Morgan fingerprint density at radius 3 is 2.41 bits per heavy atom. The topological polar surface area (TPSA) is 136 Å². The van der Waals surface area contributed by atoms with Gasteiger partial charge in [-0.15, -0.1) is 4.52 Å². The Morgan fingerprint density at radius 1 is 1.09 bits per heavy atom. The van der Waals surface area contributed by atoms with Crippen molar-refractivity contribution >= 4 is 40.5 Å². The van der Waals surface area contributed by atoms with Gasteiger partial charge in [0.15, 0.2) is 12.4 Å². The first-order valence-corrected chi connectivity index (χ1v) is 13.5. The van der Waals surface area contributed by atoms with Crippen LogP contribution in [0.1, 0.15) is 30.9 Å². The Hall–Kier alpha value is -2.84. The van der Waals surface area contributed by atoms with E-state index in [1.807, 2.05) is 18.2 Å². The molecule has 0 radical (unpaired) electrons. The van der Waals surface area contributed by atoms with Crippen molar-refractivity contribution < 1.29 is 27.4 Å². The Morgan fingerprint density at radius 2 is 1.74 bits per heavy atom. The van der Waals surface area contributed by atoms with Crippen molar-refractivity contribution in [1.82, 2.24) is 4.72 Å². The molecule has 0 aromatic heterocycles. The molecule has 0 saturated heterocycles. The molecule has 10 heteroatoms. The van der Waals surface area contributed by atoms with E-state index in [1.54, 1.807) is 57.2 Å². The minimum Gasteiger partial charge on any atom is -0.481 e. The predicted octanol–water partition coefficient (Wildman–Crippen LogP) is 4.62. The van der Waals surface area contributed by atoms with Gasteiger partial charge in [-0.1, -0.05) is 62.4 Å². The highest BCUT2D eigenvalue weighted by atomic mass is 32.2. The first-order valence-electron chi connectivity index (χ1n) is 10.7. The summed E-state index contributed by atoms with van der Waals surface area (Å²) < 4.78 is 47.3. The third-order valence-corrected chi connectivity index (χ3v) is 8.17. The van der Waals surface area contributed by atoms with Crippen molar-refractivity contribution in [1.29, 1.82) is 0 Å². The summed E-state index contributed by atoms with van der Waals surface area (Å²) in [6.07, 6.45) is -1.45. The van der Waals surface area contributed by atoms with Crippen LogP contribution < -0.4 is 10.5 Å². The van der Waals surface area contributed by atoms with E-state index in [9.17, 15) is 22.9 Å². The van der Waals surface area contributed by atoms with E-state index in [0.29, 0.717) is 22.2 Å². The van der Waals surface area contributed by atoms with E-state index in [0.717, 1.165) is 5.39 Å². The van der Waals surface area contributed by atoms with E-state index < -0.39 is 36.2 Å². The highest BCUT2D eigenvalue weighted by molar-refractivity contribution is 7.89. The van der Waals surface area contributed by atoms with Crippen molar-refractivity contribution in [3.05, 3.63) is 71.8 Å². The molecule has 3 unspecified atom stereocenters. The largest absolute Gasteiger partial charge is 0.511 e. The van der Waals surface area contributed by atoms with E-state index in [-0.39, 0.29) is 17.0 Å². The molecule has 0 aliphatic carbocycles. The lowest BCUT2D eigenvalue weighted by atomic mass is 9.95. The minimum absolute atomic E-state index is 0.0777. The van der Waals surface area contributed by atoms with Gasteiger partial charge in [0.05, 0.1) is 4.90 Å². The van der Waals surface area contributed by atoms with Crippen molar-refractivity contribution in [3.8, 4) is 0 Å². The second kappa shape index (κ2) is 10.6. The number of carboxylic acids is 1. The quantitative estimate of drug-likeness (QED) is 0.209. The lowest BCUT2D eigenvalue weighted by molar-refractivity contribution is -0.138. The van der Waals surface area contributed by atoms with Crippen LogP contribution in [0.5, 0.6) is 0 Å². The zero-order chi connectivity index (χ0) is 25.0. The number of aliphatic carboxylic acids is 1. The van der Waals surface area contributed by atoms with E-state index >= 15 is 0 Å². The van der Waals surface area contributed by atoms with Crippen LogP contribution in [0.15, 0.2) is 65.6 Å². The number of sulfonamides is 1. The maximum absolute atomic E-state index is 13.2. The molecule has 3 aromatic rings. The molecule has 0 aliphatic rings. The van der Waals surface area contributed by atoms with Crippen LogP contribution in [0.4, 0.5) is 5.69 Å². The van der Waals surface area contributed by atoms with Crippen LogP contribution in [0.2, 0.25) is 0 Å². The van der Waals surface area contributed by atoms with Crippen LogP contribution >= 0.6 is 8.03 Å². The summed E-state index contributed by atoms with van der Waals surface area (Å²) in [6, 6.07) is 17.0. The number of anilines is 1. The Balaban J connectivity index is 1.82. The summed E-state index contributed by atoms with van der Waals surface area (Å²) in [5.41, 5.74) is 7.37. The van der Waals surface area contributed by atoms with Gasteiger partial charge < -0.3 is 10.8 Å². The number of hydrogen-bond acceptors (Lipinski definition) is 6. The molecule has 8 nitrogen and oxygen atoms in total. The molecule has 0 amide bonds. The van der Waals surface area contributed by atoms with Gasteiger partial charge in [0.1, 0.15) is 5.92 Å². The number of hydrogen-bond donors (Lipinski definition) is 3. The number of fused-ring (bicyclic) bond motifs is 1. The standard InChI is InChI=1S/C24H27N2O6PS/c1-15(2)23(26-34(30,31)22-13-6-9-17-8-4-5-10-19(17)22)32-33(29)14-20(24(27)28)18-11-7-12-21(25)16(18)3/h4-13,15,20,23,26H,14,25H2,1-3H3/p+1. The SMILES string of the molecule is Cc1c(N)cccc1C(C[P+](=O)OC(NS(=O)(=O)c1cccc2ccccc12)C(C)C)C(=O)O. The molecule has 4 N–H and O–H groups in total. The van der Waals surface area contributed by atoms with E-state index in [2.05, 4.69) is 4.72 Å². The molecule has 3 aromatic carbocycles. The maximum Gasteiger partial charge on any atom is 0.511 e. The summed E-state index contributed by atoms with van der Waals surface area (Å²) in [5, 5.41) is 11.0. The van der Waals surface area contributed by atoms with Crippen LogP contribution in [-0.2, 0) is 23.9 Å². The molecule has 0 bridgehead atoms. The lowest BCUT2D eigenvalue weighted by Crippen LogP contribution is -2.39. The first kappa shape index (κ1) is 25.8. The second-order valence-corrected chi connectivity index (χ2v) is 11.3. The molecule has 3 atom stereocenters. The van der Waals surface area contributed by atoms with Gasteiger partial charge in [-0.3, -0.25) is 4.79 Å². The average Bonchev–Trinajstić information content (AvgIpc) is 2.78. The van der Waals surface area contributed by atoms with Crippen LogP contribution in [0.25, 0.3) is 10.8 Å². The number of carbonyl (C=O) groups is 1. The van der Waals surface area contributed by atoms with Crippen molar-refractivity contribution in [2.45, 2.75) is 37.8 Å². The Bertz CT molecular complexity index is 1320. The first-order chi connectivity index (χ1) is 16.0. The average molecular weight is 504 g/mol. The Labute approximate surface area is 200 Å². The Kier molecular flexibility index (Phi) is 8.05. The predicted molar refractivity (Wildman–Crippen MR) is 132 cm³/mol. The van der Waals surface area contributed by atoms with Gasteiger partial charge in [0.25, 0.3) is 0 Å². The van der Waals surface area contributed by atoms with Crippen molar-refractivity contribution in [2.75, 3.05) is 11.9 Å². The summed E-state index contributed by atoms with van der Waals surface area (Å²) >= 11 is 0. The van der Waals surface area contributed by atoms with Gasteiger partial charge in [-0.2, -0.15) is 4.72 Å². The minimum atomic E-state index is -4.02. The fourth-order valence-corrected chi connectivity index (χ4v) is 6.45. The van der Waals surface area contributed by atoms with E-state index in [4.69, 9.17) is 10.3 Å². The van der Waals surface area contributed by atoms with Crippen LogP contribution in [0, 0.1) is 12.8 Å². The molecule has 0 saturated carbocycles. The fraction of sp³-hybridized carbons (Fsp3) is 0.292. The van der Waals surface area contributed by atoms with Gasteiger partial charge >= 0.3 is 14.0 Å². The number of nitrogens with two attached hydrogens (primary N) is 1. The number of rotatable bonds is 10. The molecular weight excluding hydrogens is 475 g/mol. The van der Waals surface area contributed by atoms with Crippen molar-refractivity contribution in [3.63, 3.8) is 0 Å². The zero-order valence-electron chi connectivity index (χ0n) is 19.1.